The van der Waals surface area contributed by atoms with E-state index >= 15 is 0 Å². The van der Waals surface area contributed by atoms with Crippen molar-refractivity contribution in [2.24, 2.45) is 0 Å². The predicted molar refractivity (Wildman–Crippen MR) is 133 cm³/mol. The first-order valence-corrected chi connectivity index (χ1v) is 12.3. The van der Waals surface area contributed by atoms with Crippen LogP contribution < -0.4 is 10.1 Å². The number of rotatable bonds is 9. The summed E-state index contributed by atoms with van der Waals surface area (Å²) in [6.07, 6.45) is 4.59. The second-order valence-electron chi connectivity index (χ2n) is 8.34. The third-order valence-corrected chi connectivity index (χ3v) is 7.10. The maximum atomic E-state index is 13.3. The van der Waals surface area contributed by atoms with Gasteiger partial charge in [-0.1, -0.05) is 60.6 Å². The van der Waals surface area contributed by atoms with Crippen molar-refractivity contribution in [1.82, 2.24) is 10.2 Å². The van der Waals surface area contributed by atoms with E-state index in [1.54, 1.807) is 36.4 Å². The second-order valence-corrected chi connectivity index (χ2v) is 9.56. The van der Waals surface area contributed by atoms with Crippen LogP contribution in [0.1, 0.15) is 50.2 Å². The van der Waals surface area contributed by atoms with Crippen molar-refractivity contribution in [1.29, 1.82) is 0 Å². The fourth-order valence-corrected chi connectivity index (χ4v) is 4.71. The van der Waals surface area contributed by atoms with Crippen LogP contribution in [0.2, 0.25) is 15.1 Å². The van der Waals surface area contributed by atoms with Gasteiger partial charge in [0.05, 0.1) is 0 Å². The predicted octanol–water partition coefficient (Wildman–Crippen LogP) is 6.20. The van der Waals surface area contributed by atoms with Crippen molar-refractivity contribution in [3.05, 3.63) is 62.6 Å². The molecule has 0 bridgehead atoms. The molecule has 0 aromatic heterocycles. The molecule has 0 radical (unpaired) electrons. The lowest BCUT2D eigenvalue weighted by Crippen LogP contribution is -2.52. The number of halogens is 3. The van der Waals surface area contributed by atoms with Crippen LogP contribution in [-0.2, 0) is 16.1 Å². The molecule has 0 saturated heterocycles. The molecule has 2 amide bonds. The van der Waals surface area contributed by atoms with Crippen LogP contribution in [-0.4, -0.2) is 35.4 Å². The zero-order valence-electron chi connectivity index (χ0n) is 18.9. The molecular formula is C25H29Cl3N2O3. The Morgan fingerprint density at radius 2 is 1.76 bits per heavy atom. The molecule has 1 N–H and O–H groups in total. The number of hydrogen-bond donors (Lipinski definition) is 1. The highest BCUT2D eigenvalue weighted by Gasteiger charge is 2.31. The standard InChI is InChI=1S/C25H29Cl3N2O3/c1-3-23(25(32)29-17-7-4-5-8-17)30(14-19-21(27)9-6-10-22(19)28)24(31)15-33-18-11-12-20(26)16(2)13-18/h6,9-13,17,23H,3-5,7-8,14-15H2,1-2H3,(H,29,32)/t23-/m0/s1. The lowest BCUT2D eigenvalue weighted by Gasteiger charge is -2.32. The van der Waals surface area contributed by atoms with Gasteiger partial charge >= 0.3 is 0 Å². The minimum atomic E-state index is -0.666. The van der Waals surface area contributed by atoms with E-state index in [9.17, 15) is 9.59 Å². The zero-order valence-corrected chi connectivity index (χ0v) is 21.1. The quantitative estimate of drug-likeness (QED) is 0.436. The summed E-state index contributed by atoms with van der Waals surface area (Å²) in [4.78, 5) is 28.0. The van der Waals surface area contributed by atoms with Gasteiger partial charge < -0.3 is 15.0 Å². The Bertz CT molecular complexity index is 973. The van der Waals surface area contributed by atoms with E-state index in [1.807, 2.05) is 13.8 Å². The van der Waals surface area contributed by atoms with E-state index in [4.69, 9.17) is 39.5 Å². The van der Waals surface area contributed by atoms with E-state index in [0.29, 0.717) is 32.8 Å². The summed E-state index contributed by atoms with van der Waals surface area (Å²) in [6.45, 7) is 3.63. The highest BCUT2D eigenvalue weighted by molar-refractivity contribution is 6.36. The minimum absolute atomic E-state index is 0.108. The zero-order chi connectivity index (χ0) is 24.0. The molecule has 33 heavy (non-hydrogen) atoms. The van der Waals surface area contributed by atoms with Gasteiger partial charge in [-0.25, -0.2) is 0 Å². The number of benzene rings is 2. The molecule has 3 rings (SSSR count). The summed E-state index contributed by atoms with van der Waals surface area (Å²) < 4.78 is 5.74. The molecule has 1 fully saturated rings. The molecule has 2 aromatic carbocycles. The Kier molecular flexibility index (Phi) is 9.30. The lowest BCUT2D eigenvalue weighted by atomic mass is 10.1. The average Bonchev–Trinajstić information content (AvgIpc) is 3.29. The molecule has 2 aromatic rings. The number of carbonyl (C=O) groups excluding carboxylic acids is 2. The van der Waals surface area contributed by atoms with Gasteiger partial charge in [-0.05, 0) is 62.1 Å². The number of nitrogens with zero attached hydrogens (tertiary/aromatic N) is 1. The van der Waals surface area contributed by atoms with Crippen LogP contribution in [0.15, 0.2) is 36.4 Å². The molecule has 0 spiro atoms. The number of carbonyl (C=O) groups is 2. The molecule has 1 saturated carbocycles. The number of aryl methyl sites for hydroxylation is 1. The smallest absolute Gasteiger partial charge is 0.261 e. The SMILES string of the molecule is CC[C@@H](C(=O)NC1CCCC1)N(Cc1c(Cl)cccc1Cl)C(=O)COc1ccc(Cl)c(C)c1. The molecular weight excluding hydrogens is 483 g/mol. The summed E-state index contributed by atoms with van der Waals surface area (Å²) in [5.41, 5.74) is 1.45. The third kappa shape index (κ3) is 6.78. The summed E-state index contributed by atoms with van der Waals surface area (Å²) >= 11 is 18.8. The monoisotopic (exact) mass is 510 g/mol. The Morgan fingerprint density at radius 3 is 2.36 bits per heavy atom. The first-order chi connectivity index (χ1) is 15.8. The molecule has 1 atom stereocenters. The van der Waals surface area contributed by atoms with E-state index in [-0.39, 0.29) is 31.0 Å². The molecule has 178 valence electrons. The summed E-state index contributed by atoms with van der Waals surface area (Å²) in [5, 5.41) is 4.63. The van der Waals surface area contributed by atoms with Crippen molar-refractivity contribution < 1.29 is 14.3 Å². The van der Waals surface area contributed by atoms with Gasteiger partial charge in [-0.15, -0.1) is 0 Å². The highest BCUT2D eigenvalue weighted by Crippen LogP contribution is 2.28. The maximum Gasteiger partial charge on any atom is 0.261 e. The minimum Gasteiger partial charge on any atom is -0.484 e. The molecule has 1 aliphatic rings. The van der Waals surface area contributed by atoms with Gasteiger partial charge in [-0.3, -0.25) is 9.59 Å². The van der Waals surface area contributed by atoms with Crippen molar-refractivity contribution in [3.63, 3.8) is 0 Å². The average molecular weight is 512 g/mol. The van der Waals surface area contributed by atoms with Gasteiger partial charge in [0.2, 0.25) is 5.91 Å². The first-order valence-electron chi connectivity index (χ1n) is 11.2. The summed E-state index contributed by atoms with van der Waals surface area (Å²) in [5.74, 6) is 0.0414. The number of hydrogen-bond acceptors (Lipinski definition) is 3. The topological polar surface area (TPSA) is 58.6 Å². The maximum absolute atomic E-state index is 13.3. The molecule has 8 heteroatoms. The number of amides is 2. The fraction of sp³-hybridized carbons (Fsp3) is 0.440. The number of nitrogens with one attached hydrogen (secondary N) is 1. The van der Waals surface area contributed by atoms with E-state index < -0.39 is 6.04 Å². The van der Waals surface area contributed by atoms with Crippen molar-refractivity contribution in [2.45, 2.75) is 64.6 Å². The molecule has 0 heterocycles. The fourth-order valence-electron chi connectivity index (χ4n) is 4.08. The van der Waals surface area contributed by atoms with Crippen LogP contribution in [0.4, 0.5) is 0 Å². The van der Waals surface area contributed by atoms with Gasteiger partial charge in [0.1, 0.15) is 11.8 Å². The van der Waals surface area contributed by atoms with Crippen LogP contribution in [0.3, 0.4) is 0 Å². The first kappa shape index (κ1) is 25.7. The highest BCUT2D eigenvalue weighted by atomic mass is 35.5. The van der Waals surface area contributed by atoms with Crippen molar-refractivity contribution >= 4 is 46.6 Å². The Morgan fingerprint density at radius 1 is 1.09 bits per heavy atom. The van der Waals surface area contributed by atoms with E-state index in [2.05, 4.69) is 5.32 Å². The van der Waals surface area contributed by atoms with Crippen LogP contribution in [0.5, 0.6) is 5.75 Å². The summed E-state index contributed by atoms with van der Waals surface area (Å²) in [6, 6.07) is 9.88. The Balaban J connectivity index is 1.81. The van der Waals surface area contributed by atoms with Gasteiger partial charge in [0.25, 0.3) is 5.91 Å². The van der Waals surface area contributed by atoms with Crippen LogP contribution in [0, 0.1) is 6.92 Å². The van der Waals surface area contributed by atoms with E-state index in [0.717, 1.165) is 31.2 Å². The van der Waals surface area contributed by atoms with Crippen molar-refractivity contribution in [3.8, 4) is 5.75 Å². The summed E-state index contributed by atoms with van der Waals surface area (Å²) in [7, 11) is 0. The van der Waals surface area contributed by atoms with Crippen molar-refractivity contribution in [2.75, 3.05) is 6.61 Å². The van der Waals surface area contributed by atoms with Gasteiger partial charge in [0.15, 0.2) is 6.61 Å². The normalized spacial score (nSPS) is 14.7. The molecule has 5 nitrogen and oxygen atoms in total. The molecule has 1 aliphatic carbocycles. The van der Waals surface area contributed by atoms with Gasteiger partial charge in [0, 0.05) is 33.2 Å². The Hall–Kier alpha value is -1.95. The molecule has 0 unspecified atom stereocenters. The third-order valence-electron chi connectivity index (χ3n) is 5.97. The van der Waals surface area contributed by atoms with Crippen LogP contribution in [0.25, 0.3) is 0 Å². The van der Waals surface area contributed by atoms with Crippen LogP contribution >= 0.6 is 34.8 Å². The molecule has 0 aliphatic heterocycles. The van der Waals surface area contributed by atoms with E-state index in [1.165, 1.54) is 4.90 Å². The second kappa shape index (κ2) is 12.0. The number of ether oxygens (including phenoxy) is 1. The Labute approximate surface area is 210 Å². The lowest BCUT2D eigenvalue weighted by molar-refractivity contribution is -0.143. The van der Waals surface area contributed by atoms with Gasteiger partial charge in [-0.2, -0.15) is 0 Å². The largest absolute Gasteiger partial charge is 0.484 e.